The van der Waals surface area contributed by atoms with Crippen molar-refractivity contribution < 1.29 is 28.0 Å². The minimum atomic E-state index is -4.64. The van der Waals surface area contributed by atoms with Gasteiger partial charge in [0.1, 0.15) is 22.0 Å². The Morgan fingerprint density at radius 3 is 2.44 bits per heavy atom. The predicted octanol–water partition coefficient (Wildman–Crippen LogP) is 8.77. The molecule has 362 valence electrons. The van der Waals surface area contributed by atoms with E-state index in [9.17, 15) is 28.4 Å². The molecule has 4 fully saturated rings. The fourth-order valence-corrected chi connectivity index (χ4v) is 12.0. The van der Waals surface area contributed by atoms with Gasteiger partial charge in [-0.1, -0.05) is 38.1 Å². The molecule has 2 aliphatic heterocycles. The number of H-pyrrole nitrogens is 1. The van der Waals surface area contributed by atoms with Crippen LogP contribution in [0.1, 0.15) is 119 Å². The van der Waals surface area contributed by atoms with Gasteiger partial charge in [0, 0.05) is 86.8 Å². The summed E-state index contributed by atoms with van der Waals surface area (Å²) < 4.78 is 36.0. The van der Waals surface area contributed by atoms with E-state index in [4.69, 9.17) is 4.74 Å². The maximum absolute atomic E-state index is 14.0. The minimum absolute atomic E-state index is 0.0415. The quantitative estimate of drug-likeness (QED) is 0.0609. The van der Waals surface area contributed by atoms with Crippen molar-refractivity contribution in [3.05, 3.63) is 106 Å². The van der Waals surface area contributed by atoms with Gasteiger partial charge in [0.15, 0.2) is 0 Å². The van der Waals surface area contributed by atoms with Crippen molar-refractivity contribution >= 4 is 44.2 Å². The first-order valence-corrected chi connectivity index (χ1v) is 25.7. The van der Waals surface area contributed by atoms with Crippen LogP contribution in [0.3, 0.4) is 0 Å². The van der Waals surface area contributed by atoms with Crippen molar-refractivity contribution in [2.75, 3.05) is 49.5 Å². The lowest BCUT2D eigenvalue weighted by atomic mass is 9.59. The van der Waals surface area contributed by atoms with Gasteiger partial charge in [-0.05, 0) is 125 Å². The van der Waals surface area contributed by atoms with E-state index in [1.807, 2.05) is 12.1 Å². The molecule has 4 aliphatic rings. The Balaban J connectivity index is 0.900. The largest absolute Gasteiger partial charge is 0.455 e. The van der Waals surface area contributed by atoms with Crippen molar-refractivity contribution in [2.24, 2.45) is 11.3 Å². The van der Waals surface area contributed by atoms with Crippen LogP contribution >= 0.6 is 0 Å². The number of carbonyl (C=O) groups is 1. The molecule has 5 heterocycles. The van der Waals surface area contributed by atoms with Crippen LogP contribution in [0.5, 0.6) is 11.5 Å². The standard InChI is InChI=1S/C51H65N9O7S/c1-33(2)41-8-6-7-9-42(41)45-32-58(34(3)4)22-23-59(45)38-27-51(28-38)17-20-57(21-18-51)37-10-11-43(46(25-37)67-39-24-36-14-19-52-47(36)54-30-39)49(61)56-68(65,66)40-26-44(60(63)64)48(55-31-40)53-29-35-12-15-50(5,62)16-13-35/h6-11,14,19,24-26,30-31,33-35,38,45,62H,12-13,15-18,20-23,27-29,32H2,1-5H3,(H,52,54)(H,53,55)(H,56,61)/t35?,45-,50?/m1/s1. The summed E-state index contributed by atoms with van der Waals surface area (Å²) in [5.41, 5.74) is 3.38. The van der Waals surface area contributed by atoms with E-state index in [-0.39, 0.29) is 28.5 Å². The highest BCUT2D eigenvalue weighted by Gasteiger charge is 2.50. The van der Waals surface area contributed by atoms with E-state index in [0.717, 1.165) is 81.7 Å². The van der Waals surface area contributed by atoms with E-state index in [0.29, 0.717) is 54.8 Å². The zero-order valence-electron chi connectivity index (χ0n) is 39.8. The number of hydrogen-bond acceptors (Lipinski definition) is 13. The molecule has 1 amide bonds. The highest BCUT2D eigenvalue weighted by molar-refractivity contribution is 7.90. The molecule has 0 bridgehead atoms. The lowest BCUT2D eigenvalue weighted by Gasteiger charge is -2.58. The number of sulfonamides is 1. The topological polar surface area (TPSA) is 199 Å². The number of benzene rings is 2. The number of pyridine rings is 2. The number of hydrogen-bond donors (Lipinski definition) is 4. The molecule has 2 saturated carbocycles. The second kappa shape index (κ2) is 19.1. The molecule has 0 unspecified atom stereocenters. The molecule has 2 aromatic carbocycles. The summed E-state index contributed by atoms with van der Waals surface area (Å²) in [4.78, 5) is 44.3. The predicted molar refractivity (Wildman–Crippen MR) is 263 cm³/mol. The third kappa shape index (κ3) is 10.1. The maximum atomic E-state index is 14.0. The zero-order valence-corrected chi connectivity index (χ0v) is 40.6. The number of aromatic amines is 1. The first-order valence-electron chi connectivity index (χ1n) is 24.2. The Bertz CT molecular complexity index is 2750. The number of ether oxygens (including phenoxy) is 1. The van der Waals surface area contributed by atoms with E-state index < -0.39 is 37.0 Å². The average molecular weight is 948 g/mol. The number of aliphatic hydroxyl groups is 1. The molecule has 16 nitrogen and oxygen atoms in total. The molecule has 9 rings (SSSR count). The lowest BCUT2D eigenvalue weighted by Crippen LogP contribution is -2.60. The molecule has 4 N–H and O–H groups in total. The Morgan fingerprint density at radius 2 is 1.72 bits per heavy atom. The van der Waals surface area contributed by atoms with Crippen molar-refractivity contribution in [1.29, 1.82) is 0 Å². The highest BCUT2D eigenvalue weighted by atomic mass is 32.2. The Kier molecular flexibility index (Phi) is 13.3. The van der Waals surface area contributed by atoms with Crippen molar-refractivity contribution in [3.8, 4) is 11.5 Å². The third-order valence-corrected chi connectivity index (χ3v) is 16.6. The Morgan fingerprint density at radius 1 is 0.971 bits per heavy atom. The van der Waals surface area contributed by atoms with Gasteiger partial charge in [-0.2, -0.15) is 0 Å². The fraction of sp³-hybridized carbons (Fsp3) is 0.510. The van der Waals surface area contributed by atoms with E-state index in [1.54, 1.807) is 31.3 Å². The van der Waals surface area contributed by atoms with E-state index in [2.05, 4.69) is 91.7 Å². The first-order chi connectivity index (χ1) is 32.5. The normalized spacial score (nSPS) is 22.7. The van der Waals surface area contributed by atoms with Crippen LogP contribution in [-0.4, -0.2) is 106 Å². The van der Waals surface area contributed by atoms with Gasteiger partial charge in [0.25, 0.3) is 15.9 Å². The van der Waals surface area contributed by atoms with Crippen LogP contribution in [-0.2, 0) is 10.0 Å². The molecular weight excluding hydrogens is 883 g/mol. The van der Waals surface area contributed by atoms with Crippen LogP contribution in [0, 0.1) is 21.4 Å². The summed E-state index contributed by atoms with van der Waals surface area (Å²) in [6.45, 7) is 16.2. The monoisotopic (exact) mass is 947 g/mol. The number of nitro groups is 1. The molecule has 1 spiro atoms. The second-order valence-electron chi connectivity index (χ2n) is 20.6. The lowest BCUT2D eigenvalue weighted by molar-refractivity contribution is -0.384. The molecule has 68 heavy (non-hydrogen) atoms. The van der Waals surface area contributed by atoms with E-state index >= 15 is 0 Å². The van der Waals surface area contributed by atoms with Gasteiger partial charge >= 0.3 is 5.69 Å². The van der Waals surface area contributed by atoms with E-state index in [1.165, 1.54) is 30.2 Å². The smallest absolute Gasteiger partial charge is 0.312 e. The summed E-state index contributed by atoms with van der Waals surface area (Å²) in [5.74, 6) is 0.0660. The summed E-state index contributed by atoms with van der Waals surface area (Å²) in [6, 6.07) is 20.1. The van der Waals surface area contributed by atoms with Gasteiger partial charge in [-0.25, -0.2) is 23.1 Å². The first kappa shape index (κ1) is 47.4. The number of anilines is 2. The van der Waals surface area contributed by atoms with Crippen LogP contribution < -0.4 is 19.7 Å². The zero-order chi connectivity index (χ0) is 48.0. The fourth-order valence-electron chi connectivity index (χ4n) is 11.1. The highest BCUT2D eigenvalue weighted by Crippen LogP contribution is 2.53. The maximum Gasteiger partial charge on any atom is 0.312 e. The summed E-state index contributed by atoms with van der Waals surface area (Å²) >= 11 is 0. The number of amides is 1. The SMILES string of the molecule is CC(C)c1ccccc1[C@H]1CN(C(C)C)CCN1C1CC2(CCN(c3ccc(C(=O)NS(=O)(=O)c4cnc(NCC5CCC(C)(O)CC5)c([N+](=O)[O-])c4)c(Oc4cnc5[nH]ccc5c4)c3)CC2)C1. The Hall–Kier alpha value is -5.62. The minimum Gasteiger partial charge on any atom is -0.455 e. The number of fused-ring (bicyclic) bond motifs is 1. The molecule has 2 aliphatic carbocycles. The number of piperidine rings is 1. The molecule has 5 aromatic rings. The van der Waals surface area contributed by atoms with Crippen molar-refractivity contribution in [2.45, 2.75) is 121 Å². The summed E-state index contributed by atoms with van der Waals surface area (Å²) in [7, 11) is -4.64. The number of piperazine rings is 1. The second-order valence-corrected chi connectivity index (χ2v) is 22.3. The number of nitrogens with zero attached hydrogens (tertiary/aromatic N) is 6. The molecule has 2 saturated heterocycles. The molecule has 0 radical (unpaired) electrons. The van der Waals surface area contributed by atoms with Gasteiger partial charge in [-0.3, -0.25) is 24.7 Å². The van der Waals surface area contributed by atoms with Crippen LogP contribution in [0.4, 0.5) is 17.2 Å². The third-order valence-electron chi connectivity index (χ3n) is 15.3. The molecular formula is C51H65N9O7S. The van der Waals surface area contributed by atoms with Gasteiger partial charge in [-0.15, -0.1) is 0 Å². The number of nitrogens with one attached hydrogen (secondary N) is 3. The van der Waals surface area contributed by atoms with Gasteiger partial charge in [0.2, 0.25) is 5.82 Å². The molecule has 3 aromatic heterocycles. The molecule has 1 atom stereocenters. The Labute approximate surface area is 399 Å². The average Bonchev–Trinajstić information content (AvgIpc) is 3.78. The van der Waals surface area contributed by atoms with Crippen LogP contribution in [0.2, 0.25) is 0 Å². The van der Waals surface area contributed by atoms with Crippen molar-refractivity contribution in [1.82, 2.24) is 29.5 Å². The van der Waals surface area contributed by atoms with Crippen LogP contribution in [0.15, 0.2) is 84.1 Å². The van der Waals surface area contributed by atoms with Crippen molar-refractivity contribution in [3.63, 3.8) is 0 Å². The number of aromatic nitrogens is 3. The summed E-state index contributed by atoms with van der Waals surface area (Å²) in [6.07, 6.45) is 11.4. The number of carbonyl (C=O) groups excluding carboxylic acids is 1. The summed E-state index contributed by atoms with van der Waals surface area (Å²) in [5, 5.41) is 26.3. The van der Waals surface area contributed by atoms with Gasteiger partial charge in [0.05, 0.1) is 28.5 Å². The molecule has 17 heteroatoms. The van der Waals surface area contributed by atoms with Gasteiger partial charge < -0.3 is 25.0 Å². The number of rotatable bonds is 14. The van der Waals surface area contributed by atoms with Crippen LogP contribution in [0.25, 0.3) is 11.0 Å².